The third-order valence-corrected chi connectivity index (χ3v) is 2.38. The quantitative estimate of drug-likeness (QED) is 0.872. The molecule has 0 fully saturated rings. The Morgan fingerprint density at radius 1 is 1.20 bits per heavy atom. The Bertz CT molecular complexity index is 601. The fourth-order valence-corrected chi connectivity index (χ4v) is 1.52. The van der Waals surface area contributed by atoms with Crippen molar-refractivity contribution in [1.82, 2.24) is 9.97 Å². The Morgan fingerprint density at radius 3 is 2.60 bits per heavy atom. The van der Waals surface area contributed by atoms with Gasteiger partial charge in [-0.05, 0) is 18.6 Å². The molecule has 2 aromatic rings. The van der Waals surface area contributed by atoms with Crippen LogP contribution in [-0.2, 0) is 0 Å². The number of hydrogen-bond acceptors (Lipinski definition) is 5. The van der Waals surface area contributed by atoms with Crippen LogP contribution < -0.4 is 9.47 Å². The summed E-state index contributed by atoms with van der Waals surface area (Å²) in [6.07, 6.45) is 3.53. The maximum absolute atomic E-state index is 11.1. The van der Waals surface area contributed by atoms with Gasteiger partial charge < -0.3 is 14.6 Å². The first-order valence-electron chi connectivity index (χ1n) is 6.16. The number of carbonyl (C=O) groups is 1. The highest BCUT2D eigenvalue weighted by molar-refractivity contribution is 5.87. The van der Waals surface area contributed by atoms with E-state index in [1.807, 2.05) is 13.0 Å². The molecule has 0 amide bonds. The molecule has 1 aromatic carbocycles. The van der Waals surface area contributed by atoms with Crippen molar-refractivity contribution < 1.29 is 19.4 Å². The molecule has 6 heteroatoms. The van der Waals surface area contributed by atoms with Crippen LogP contribution >= 0.6 is 0 Å². The minimum absolute atomic E-state index is 0.0625. The lowest BCUT2D eigenvalue weighted by molar-refractivity contribution is 0.0686. The van der Waals surface area contributed by atoms with Crippen molar-refractivity contribution in [3.63, 3.8) is 0 Å². The van der Waals surface area contributed by atoms with E-state index in [1.54, 1.807) is 18.2 Å². The molecule has 1 N–H and O–H groups in total. The predicted octanol–water partition coefficient (Wildman–Crippen LogP) is 2.76. The molecule has 1 heterocycles. The number of rotatable bonds is 6. The summed E-state index contributed by atoms with van der Waals surface area (Å²) in [5.41, 5.74) is -0.238. The molecule has 0 aliphatic rings. The van der Waals surface area contributed by atoms with E-state index < -0.39 is 5.97 Å². The average molecular weight is 274 g/mol. The lowest BCUT2D eigenvalue weighted by Gasteiger charge is -2.11. The van der Waals surface area contributed by atoms with E-state index in [4.69, 9.17) is 14.6 Å². The summed E-state index contributed by atoms with van der Waals surface area (Å²) in [6, 6.07) is 7.02. The highest BCUT2D eigenvalue weighted by Crippen LogP contribution is 2.31. The number of carboxylic acids is 1. The summed E-state index contributed by atoms with van der Waals surface area (Å²) in [5.74, 6) is -0.312. The van der Waals surface area contributed by atoms with Crippen molar-refractivity contribution in [1.29, 1.82) is 0 Å². The largest absolute Gasteiger partial charge is 0.490 e. The molecule has 104 valence electrons. The number of ether oxygens (including phenoxy) is 2. The number of carboxylic acid groups (broad SMARTS) is 1. The zero-order valence-corrected chi connectivity index (χ0v) is 10.9. The van der Waals surface area contributed by atoms with Gasteiger partial charge in [-0.1, -0.05) is 19.1 Å². The van der Waals surface area contributed by atoms with Gasteiger partial charge in [-0.25, -0.2) is 14.8 Å². The van der Waals surface area contributed by atoms with Crippen molar-refractivity contribution in [2.45, 2.75) is 13.3 Å². The normalized spacial score (nSPS) is 10.1. The van der Waals surface area contributed by atoms with Gasteiger partial charge in [0.15, 0.2) is 11.5 Å². The average Bonchev–Trinajstić information content (AvgIpc) is 2.47. The zero-order valence-electron chi connectivity index (χ0n) is 10.9. The Labute approximate surface area is 116 Å². The fraction of sp³-hybridized carbons (Fsp3) is 0.214. The van der Waals surface area contributed by atoms with Crippen molar-refractivity contribution >= 4 is 5.97 Å². The lowest BCUT2D eigenvalue weighted by atomic mass is 10.3. The van der Waals surface area contributed by atoms with Gasteiger partial charge in [-0.2, -0.15) is 0 Å². The number of aromatic nitrogens is 2. The Morgan fingerprint density at radius 2 is 1.90 bits per heavy atom. The van der Waals surface area contributed by atoms with Crippen molar-refractivity contribution in [2.24, 2.45) is 0 Å². The van der Waals surface area contributed by atoms with Crippen LogP contribution in [0.25, 0.3) is 0 Å². The molecule has 0 atom stereocenters. The number of hydrogen-bond donors (Lipinski definition) is 1. The van der Waals surface area contributed by atoms with E-state index in [-0.39, 0.29) is 11.6 Å². The molecule has 0 bridgehead atoms. The molecule has 20 heavy (non-hydrogen) atoms. The van der Waals surface area contributed by atoms with E-state index in [0.717, 1.165) is 6.42 Å². The molecule has 0 aliphatic carbocycles. The van der Waals surface area contributed by atoms with Crippen LogP contribution in [-0.4, -0.2) is 27.7 Å². The number of aromatic carboxylic acids is 1. The van der Waals surface area contributed by atoms with Gasteiger partial charge in [-0.3, -0.25) is 0 Å². The monoisotopic (exact) mass is 274 g/mol. The number of nitrogens with zero attached hydrogens (tertiary/aromatic N) is 2. The summed E-state index contributed by atoms with van der Waals surface area (Å²) >= 11 is 0. The third-order valence-electron chi connectivity index (χ3n) is 2.38. The first kappa shape index (κ1) is 13.8. The van der Waals surface area contributed by atoms with E-state index in [2.05, 4.69) is 9.97 Å². The van der Waals surface area contributed by atoms with Crippen LogP contribution in [0.1, 0.15) is 23.8 Å². The molecule has 0 spiro atoms. The van der Waals surface area contributed by atoms with Crippen LogP contribution in [0, 0.1) is 0 Å². The minimum atomic E-state index is -1.19. The van der Waals surface area contributed by atoms with E-state index in [9.17, 15) is 4.79 Å². The van der Waals surface area contributed by atoms with Crippen LogP contribution in [0.15, 0.2) is 36.7 Å². The third kappa shape index (κ3) is 3.23. The summed E-state index contributed by atoms with van der Waals surface area (Å²) in [5, 5.41) is 9.04. The zero-order chi connectivity index (χ0) is 14.4. The highest BCUT2D eigenvalue weighted by Gasteiger charge is 2.16. The minimum Gasteiger partial charge on any atom is -0.490 e. The van der Waals surface area contributed by atoms with Gasteiger partial charge in [0.1, 0.15) is 0 Å². The van der Waals surface area contributed by atoms with Crippen LogP contribution in [0.4, 0.5) is 0 Å². The van der Waals surface area contributed by atoms with E-state index in [0.29, 0.717) is 18.1 Å². The summed E-state index contributed by atoms with van der Waals surface area (Å²) in [7, 11) is 0. The Balaban J connectivity index is 2.28. The molecule has 0 radical (unpaired) electrons. The van der Waals surface area contributed by atoms with Crippen molar-refractivity contribution in [2.75, 3.05) is 6.61 Å². The van der Waals surface area contributed by atoms with Crippen LogP contribution in [0.5, 0.6) is 17.4 Å². The van der Waals surface area contributed by atoms with Crippen LogP contribution in [0.3, 0.4) is 0 Å². The number of benzene rings is 1. The molecule has 0 unspecified atom stereocenters. The highest BCUT2D eigenvalue weighted by atomic mass is 16.5. The summed E-state index contributed by atoms with van der Waals surface area (Å²) in [6.45, 7) is 2.54. The summed E-state index contributed by atoms with van der Waals surface area (Å²) < 4.78 is 11.1. The SMILES string of the molecule is CCCOc1ccccc1Oc1nccnc1C(=O)O. The topological polar surface area (TPSA) is 81.5 Å². The standard InChI is InChI=1S/C14H14N2O4/c1-2-9-19-10-5-3-4-6-11(10)20-13-12(14(17)18)15-7-8-16-13/h3-8H,2,9H2,1H3,(H,17,18). The first-order valence-corrected chi connectivity index (χ1v) is 6.16. The Kier molecular flexibility index (Phi) is 4.49. The van der Waals surface area contributed by atoms with E-state index >= 15 is 0 Å². The molecule has 0 aliphatic heterocycles. The molecule has 2 rings (SSSR count). The first-order chi connectivity index (χ1) is 9.72. The van der Waals surface area contributed by atoms with Crippen molar-refractivity contribution in [3.05, 3.63) is 42.4 Å². The molecule has 0 saturated heterocycles. The van der Waals surface area contributed by atoms with Gasteiger partial charge in [0.05, 0.1) is 6.61 Å². The second-order valence-corrected chi connectivity index (χ2v) is 3.91. The number of para-hydroxylation sites is 2. The van der Waals surface area contributed by atoms with Gasteiger partial charge >= 0.3 is 5.97 Å². The Hall–Kier alpha value is -2.63. The smallest absolute Gasteiger partial charge is 0.360 e. The molecule has 1 aromatic heterocycles. The second-order valence-electron chi connectivity index (χ2n) is 3.91. The second kappa shape index (κ2) is 6.51. The van der Waals surface area contributed by atoms with Crippen LogP contribution in [0.2, 0.25) is 0 Å². The van der Waals surface area contributed by atoms with Gasteiger partial charge in [-0.15, -0.1) is 0 Å². The van der Waals surface area contributed by atoms with Crippen molar-refractivity contribution in [3.8, 4) is 17.4 Å². The maximum Gasteiger partial charge on any atom is 0.360 e. The fourth-order valence-electron chi connectivity index (χ4n) is 1.52. The lowest BCUT2D eigenvalue weighted by Crippen LogP contribution is -2.05. The maximum atomic E-state index is 11.1. The van der Waals surface area contributed by atoms with Gasteiger partial charge in [0, 0.05) is 12.4 Å². The molecular formula is C14H14N2O4. The summed E-state index contributed by atoms with van der Waals surface area (Å²) in [4.78, 5) is 18.7. The van der Waals surface area contributed by atoms with Gasteiger partial charge in [0.2, 0.25) is 5.69 Å². The molecule has 6 nitrogen and oxygen atoms in total. The molecular weight excluding hydrogens is 260 g/mol. The van der Waals surface area contributed by atoms with Gasteiger partial charge in [0.25, 0.3) is 5.88 Å². The molecule has 0 saturated carbocycles. The van der Waals surface area contributed by atoms with E-state index in [1.165, 1.54) is 12.4 Å². The predicted molar refractivity (Wildman–Crippen MR) is 71.3 cm³/mol.